The highest BCUT2D eigenvalue weighted by atomic mass is 127. The quantitative estimate of drug-likeness (QED) is 0.390. The molecule has 0 aliphatic carbocycles. The molecule has 0 atom stereocenters. The third-order valence-corrected chi connectivity index (χ3v) is 4.69. The van der Waals surface area contributed by atoms with Crippen molar-refractivity contribution in [2.75, 3.05) is 52.3 Å². The van der Waals surface area contributed by atoms with Crippen LogP contribution in [0.25, 0.3) is 0 Å². The Hall–Kier alpha value is -2.23. The number of para-hydroxylation sites is 1. The number of rotatable bonds is 5. The zero-order valence-electron chi connectivity index (χ0n) is 16.6. The highest BCUT2D eigenvalue weighted by Crippen LogP contribution is 2.30. The molecule has 8 heteroatoms. The van der Waals surface area contributed by atoms with Gasteiger partial charge in [-0.25, -0.2) is 4.98 Å². The molecule has 0 spiro atoms. The molecule has 1 aromatic carbocycles. The fourth-order valence-electron chi connectivity index (χ4n) is 3.29. The number of anilines is 1. The minimum Gasteiger partial charge on any atom is -0.493 e. The van der Waals surface area contributed by atoms with Crippen LogP contribution in [-0.2, 0) is 6.54 Å². The van der Waals surface area contributed by atoms with Crippen LogP contribution in [-0.4, -0.2) is 63.3 Å². The predicted molar refractivity (Wildman–Crippen MR) is 123 cm³/mol. The van der Waals surface area contributed by atoms with Crippen molar-refractivity contribution in [3.8, 4) is 11.5 Å². The fourth-order valence-corrected chi connectivity index (χ4v) is 3.29. The zero-order chi connectivity index (χ0) is 19.1. The number of halogens is 1. The topological polar surface area (TPSA) is 62.2 Å². The SMILES string of the molecule is CN=C(NCc1cccc(OC)c1OC)N1CCN(c2ccccn2)CC1.I. The van der Waals surface area contributed by atoms with Gasteiger partial charge in [0.1, 0.15) is 5.82 Å². The summed E-state index contributed by atoms with van der Waals surface area (Å²) in [6.07, 6.45) is 1.84. The summed E-state index contributed by atoms with van der Waals surface area (Å²) in [4.78, 5) is 13.5. The van der Waals surface area contributed by atoms with Gasteiger partial charge in [-0.05, 0) is 18.2 Å². The molecule has 0 radical (unpaired) electrons. The van der Waals surface area contributed by atoms with E-state index < -0.39 is 0 Å². The van der Waals surface area contributed by atoms with Crippen LogP contribution in [0.2, 0.25) is 0 Å². The molecular formula is C20H28IN5O2. The maximum Gasteiger partial charge on any atom is 0.194 e. The lowest BCUT2D eigenvalue weighted by molar-refractivity contribution is 0.350. The largest absolute Gasteiger partial charge is 0.493 e. The van der Waals surface area contributed by atoms with E-state index in [1.54, 1.807) is 14.2 Å². The van der Waals surface area contributed by atoms with E-state index in [9.17, 15) is 0 Å². The lowest BCUT2D eigenvalue weighted by Gasteiger charge is -2.37. The lowest BCUT2D eigenvalue weighted by Crippen LogP contribution is -2.52. The molecule has 1 fully saturated rings. The lowest BCUT2D eigenvalue weighted by atomic mass is 10.2. The smallest absolute Gasteiger partial charge is 0.194 e. The number of benzene rings is 1. The second-order valence-corrected chi connectivity index (χ2v) is 6.22. The van der Waals surface area contributed by atoms with Gasteiger partial charge in [0.15, 0.2) is 17.5 Å². The molecule has 1 aliphatic heterocycles. The number of nitrogens with one attached hydrogen (secondary N) is 1. The van der Waals surface area contributed by atoms with E-state index in [0.29, 0.717) is 6.54 Å². The Bertz CT molecular complexity index is 764. The molecule has 2 heterocycles. The van der Waals surface area contributed by atoms with Crippen molar-refractivity contribution in [1.29, 1.82) is 0 Å². The van der Waals surface area contributed by atoms with Gasteiger partial charge in [0.2, 0.25) is 0 Å². The highest BCUT2D eigenvalue weighted by Gasteiger charge is 2.20. The van der Waals surface area contributed by atoms with E-state index in [4.69, 9.17) is 9.47 Å². The third kappa shape index (κ3) is 5.18. The summed E-state index contributed by atoms with van der Waals surface area (Å²) in [5.41, 5.74) is 1.03. The Morgan fingerprint density at radius 3 is 2.46 bits per heavy atom. The van der Waals surface area contributed by atoms with E-state index >= 15 is 0 Å². The number of ether oxygens (including phenoxy) is 2. The van der Waals surface area contributed by atoms with Gasteiger partial charge in [0.25, 0.3) is 0 Å². The Labute approximate surface area is 183 Å². The standard InChI is InChI=1S/C20H27N5O2.HI/c1-21-20(23-15-16-7-6-8-17(26-2)19(16)27-3)25-13-11-24(12-14-25)18-9-4-5-10-22-18;/h4-10H,11-15H2,1-3H3,(H,21,23);1H. The van der Waals surface area contributed by atoms with E-state index in [-0.39, 0.29) is 24.0 Å². The maximum absolute atomic E-state index is 5.51. The van der Waals surface area contributed by atoms with Crippen LogP contribution in [0.3, 0.4) is 0 Å². The number of pyridine rings is 1. The first-order valence-electron chi connectivity index (χ1n) is 9.08. The molecule has 0 saturated carbocycles. The van der Waals surface area contributed by atoms with Gasteiger partial charge in [-0.1, -0.05) is 18.2 Å². The monoisotopic (exact) mass is 497 g/mol. The van der Waals surface area contributed by atoms with E-state index in [0.717, 1.165) is 55.0 Å². The molecule has 0 bridgehead atoms. The van der Waals surface area contributed by atoms with Crippen LogP contribution in [0, 0.1) is 0 Å². The molecule has 7 nitrogen and oxygen atoms in total. The van der Waals surface area contributed by atoms with Gasteiger partial charge in [-0.15, -0.1) is 24.0 Å². The minimum atomic E-state index is 0. The van der Waals surface area contributed by atoms with Gasteiger partial charge in [-0.2, -0.15) is 0 Å². The van der Waals surface area contributed by atoms with E-state index in [1.165, 1.54) is 0 Å². The number of aliphatic imine (C=N–C) groups is 1. The number of guanidine groups is 1. The molecule has 1 N–H and O–H groups in total. The number of piperazine rings is 1. The molecule has 0 amide bonds. The number of aromatic nitrogens is 1. The van der Waals surface area contributed by atoms with Gasteiger partial charge in [0.05, 0.1) is 14.2 Å². The molecule has 152 valence electrons. The second kappa shape index (κ2) is 10.9. The minimum absolute atomic E-state index is 0. The Morgan fingerprint density at radius 2 is 1.86 bits per heavy atom. The van der Waals surface area contributed by atoms with Gasteiger partial charge in [-0.3, -0.25) is 4.99 Å². The normalized spacial score (nSPS) is 14.3. The molecule has 3 rings (SSSR count). The zero-order valence-corrected chi connectivity index (χ0v) is 18.9. The summed E-state index contributed by atoms with van der Waals surface area (Å²) in [5.74, 6) is 3.40. The van der Waals surface area contributed by atoms with E-state index in [1.807, 2.05) is 43.6 Å². The third-order valence-electron chi connectivity index (χ3n) is 4.69. The summed E-state index contributed by atoms with van der Waals surface area (Å²) in [6.45, 7) is 4.24. The van der Waals surface area contributed by atoms with Gasteiger partial charge < -0.3 is 24.6 Å². The molecule has 0 unspecified atom stereocenters. The van der Waals surface area contributed by atoms with Crippen LogP contribution in [0.4, 0.5) is 5.82 Å². The van der Waals surface area contributed by atoms with Crippen molar-refractivity contribution >= 4 is 35.8 Å². The number of hydrogen-bond donors (Lipinski definition) is 1. The molecule has 2 aromatic rings. The molecule has 1 aliphatic rings. The van der Waals surface area contributed by atoms with Crippen LogP contribution >= 0.6 is 24.0 Å². The fraction of sp³-hybridized carbons (Fsp3) is 0.400. The summed E-state index contributed by atoms with van der Waals surface area (Å²) in [6, 6.07) is 11.9. The Kier molecular flexibility index (Phi) is 8.62. The maximum atomic E-state index is 5.51. The van der Waals surface area contributed by atoms with Gasteiger partial charge >= 0.3 is 0 Å². The second-order valence-electron chi connectivity index (χ2n) is 6.22. The Balaban J connectivity index is 0.00000280. The highest BCUT2D eigenvalue weighted by molar-refractivity contribution is 14.0. The van der Waals surface area contributed by atoms with Crippen molar-refractivity contribution in [2.45, 2.75) is 6.54 Å². The molecule has 1 aromatic heterocycles. The first kappa shape index (κ1) is 22.1. The summed E-state index contributed by atoms with van der Waals surface area (Å²) < 4.78 is 10.9. The van der Waals surface area contributed by atoms with Crippen molar-refractivity contribution in [3.05, 3.63) is 48.2 Å². The van der Waals surface area contributed by atoms with Crippen molar-refractivity contribution < 1.29 is 9.47 Å². The molecule has 28 heavy (non-hydrogen) atoms. The van der Waals surface area contributed by atoms with E-state index in [2.05, 4.69) is 31.2 Å². The summed E-state index contributed by atoms with van der Waals surface area (Å²) in [5, 5.41) is 3.44. The predicted octanol–water partition coefficient (Wildman–Crippen LogP) is 2.61. The first-order chi connectivity index (χ1) is 13.3. The number of hydrogen-bond acceptors (Lipinski definition) is 5. The Morgan fingerprint density at radius 1 is 1.07 bits per heavy atom. The van der Waals surface area contributed by atoms with Crippen LogP contribution < -0.4 is 19.7 Å². The average molecular weight is 497 g/mol. The first-order valence-corrected chi connectivity index (χ1v) is 9.08. The number of nitrogens with zero attached hydrogens (tertiary/aromatic N) is 4. The molecular weight excluding hydrogens is 469 g/mol. The average Bonchev–Trinajstić information content (AvgIpc) is 2.75. The molecule has 1 saturated heterocycles. The van der Waals surface area contributed by atoms with Crippen LogP contribution in [0.15, 0.2) is 47.6 Å². The summed E-state index contributed by atoms with van der Waals surface area (Å²) >= 11 is 0. The van der Waals surface area contributed by atoms with Crippen molar-refractivity contribution in [2.24, 2.45) is 4.99 Å². The van der Waals surface area contributed by atoms with Crippen molar-refractivity contribution in [1.82, 2.24) is 15.2 Å². The van der Waals surface area contributed by atoms with Crippen LogP contribution in [0.1, 0.15) is 5.56 Å². The van der Waals surface area contributed by atoms with Gasteiger partial charge in [0, 0.05) is 51.5 Å². The summed E-state index contributed by atoms with van der Waals surface area (Å²) in [7, 11) is 5.12. The van der Waals surface area contributed by atoms with Crippen molar-refractivity contribution in [3.63, 3.8) is 0 Å². The number of methoxy groups -OCH3 is 2. The van der Waals surface area contributed by atoms with Crippen LogP contribution in [0.5, 0.6) is 11.5 Å².